The molecule has 0 N–H and O–H groups in total. The van der Waals surface area contributed by atoms with Crippen LogP contribution in [0.3, 0.4) is 0 Å². The number of aromatic nitrogens is 1. The highest BCUT2D eigenvalue weighted by atomic mass is 79.9. The largest absolute Gasteiger partial charge is 0.494 e. The number of nitrogens with zero attached hydrogens (tertiary/aromatic N) is 1. The highest BCUT2D eigenvalue weighted by molar-refractivity contribution is 9.10. The Morgan fingerprint density at radius 1 is 0.793 bits per heavy atom. The Morgan fingerprint density at radius 3 is 2.10 bits per heavy atom. The predicted molar refractivity (Wildman–Crippen MR) is 123 cm³/mol. The van der Waals surface area contributed by atoms with Crippen LogP contribution < -0.4 is 4.74 Å². The topological polar surface area (TPSA) is 35.3 Å². The van der Waals surface area contributed by atoms with Crippen LogP contribution in [0.2, 0.25) is 0 Å². The van der Waals surface area contributed by atoms with Crippen LogP contribution in [0.25, 0.3) is 22.6 Å². The molecule has 3 aromatic rings. The van der Waals surface area contributed by atoms with Crippen molar-refractivity contribution in [3.8, 4) is 28.3 Å². The number of halogens is 1. The van der Waals surface area contributed by atoms with Crippen LogP contribution in [-0.2, 0) is 0 Å². The summed E-state index contributed by atoms with van der Waals surface area (Å²) < 4.78 is 12.5. The van der Waals surface area contributed by atoms with Gasteiger partial charge in [0, 0.05) is 21.7 Å². The van der Waals surface area contributed by atoms with Crippen molar-refractivity contribution in [1.82, 2.24) is 5.16 Å². The molecule has 0 spiro atoms. The fourth-order valence-corrected chi connectivity index (χ4v) is 3.57. The summed E-state index contributed by atoms with van der Waals surface area (Å²) in [5.74, 6) is 1.67. The smallest absolute Gasteiger partial charge is 0.167 e. The highest BCUT2D eigenvalue weighted by Crippen LogP contribution is 2.28. The number of benzene rings is 2. The Hall–Kier alpha value is -2.07. The Balaban J connectivity index is 1.42. The van der Waals surface area contributed by atoms with E-state index < -0.39 is 0 Å². The molecule has 29 heavy (non-hydrogen) atoms. The van der Waals surface area contributed by atoms with E-state index in [4.69, 9.17) is 9.26 Å². The summed E-state index contributed by atoms with van der Waals surface area (Å²) in [4.78, 5) is 0. The molecule has 0 amide bonds. The van der Waals surface area contributed by atoms with Crippen LogP contribution >= 0.6 is 15.9 Å². The van der Waals surface area contributed by atoms with E-state index in [-0.39, 0.29) is 0 Å². The SMILES string of the molecule is CCCCCCCCCCOc1ccc(-c2cc(-c3ccc(Br)cc3)no2)cc1. The molecule has 154 valence electrons. The van der Waals surface area contributed by atoms with Crippen molar-refractivity contribution in [3.63, 3.8) is 0 Å². The molecule has 3 rings (SSSR count). The summed E-state index contributed by atoms with van der Waals surface area (Å²) in [6.45, 7) is 3.04. The molecule has 2 aromatic carbocycles. The number of unbranched alkanes of at least 4 members (excludes halogenated alkanes) is 7. The summed E-state index contributed by atoms with van der Waals surface area (Å²) in [7, 11) is 0. The molecule has 0 unspecified atom stereocenters. The molecule has 1 aromatic heterocycles. The average molecular weight is 456 g/mol. The third kappa shape index (κ3) is 7.04. The summed E-state index contributed by atoms with van der Waals surface area (Å²) >= 11 is 3.45. The molecule has 0 saturated carbocycles. The van der Waals surface area contributed by atoms with E-state index in [1.165, 1.54) is 44.9 Å². The highest BCUT2D eigenvalue weighted by Gasteiger charge is 2.09. The molecule has 0 bridgehead atoms. The predicted octanol–water partition coefficient (Wildman–Crippen LogP) is 8.29. The first-order valence-corrected chi connectivity index (χ1v) is 11.5. The van der Waals surface area contributed by atoms with E-state index in [9.17, 15) is 0 Å². The zero-order valence-corrected chi connectivity index (χ0v) is 18.8. The second kappa shape index (κ2) is 11.8. The molecule has 1 heterocycles. The fraction of sp³-hybridized carbons (Fsp3) is 0.400. The van der Waals surface area contributed by atoms with Crippen LogP contribution in [0.15, 0.2) is 63.6 Å². The van der Waals surface area contributed by atoms with E-state index in [0.717, 1.165) is 45.8 Å². The third-order valence-corrected chi connectivity index (χ3v) is 5.58. The van der Waals surface area contributed by atoms with Gasteiger partial charge in [-0.1, -0.05) is 85.1 Å². The molecule has 0 aliphatic carbocycles. The normalized spacial score (nSPS) is 11.0. The molecular weight excluding hydrogens is 426 g/mol. The van der Waals surface area contributed by atoms with Crippen LogP contribution in [0, 0.1) is 0 Å². The zero-order chi connectivity index (χ0) is 20.3. The first kappa shape index (κ1) is 21.6. The monoisotopic (exact) mass is 455 g/mol. The Labute approximate surface area is 182 Å². The second-order valence-corrected chi connectivity index (χ2v) is 8.35. The van der Waals surface area contributed by atoms with Gasteiger partial charge in [-0.05, 0) is 42.8 Å². The molecule has 0 radical (unpaired) electrons. The van der Waals surface area contributed by atoms with Gasteiger partial charge in [-0.2, -0.15) is 0 Å². The van der Waals surface area contributed by atoms with E-state index in [1.54, 1.807) is 0 Å². The first-order chi connectivity index (χ1) is 14.3. The molecular formula is C25H30BrNO2. The van der Waals surface area contributed by atoms with Crippen molar-refractivity contribution in [2.24, 2.45) is 0 Å². The van der Waals surface area contributed by atoms with Crippen LogP contribution in [0.4, 0.5) is 0 Å². The first-order valence-electron chi connectivity index (χ1n) is 10.7. The van der Waals surface area contributed by atoms with Gasteiger partial charge in [-0.25, -0.2) is 0 Å². The van der Waals surface area contributed by atoms with Crippen molar-refractivity contribution < 1.29 is 9.26 Å². The van der Waals surface area contributed by atoms with Crippen molar-refractivity contribution in [3.05, 3.63) is 59.1 Å². The summed E-state index contributed by atoms with van der Waals surface area (Å²) in [5.41, 5.74) is 2.87. The van der Waals surface area contributed by atoms with Gasteiger partial charge in [-0.15, -0.1) is 0 Å². The maximum absolute atomic E-state index is 5.88. The van der Waals surface area contributed by atoms with Gasteiger partial charge < -0.3 is 9.26 Å². The van der Waals surface area contributed by atoms with Crippen molar-refractivity contribution >= 4 is 15.9 Å². The lowest BCUT2D eigenvalue weighted by Crippen LogP contribution is -1.97. The number of ether oxygens (including phenoxy) is 1. The molecule has 0 aliphatic rings. The number of hydrogen-bond acceptors (Lipinski definition) is 3. The van der Waals surface area contributed by atoms with Crippen LogP contribution in [0.5, 0.6) is 5.75 Å². The van der Waals surface area contributed by atoms with Gasteiger partial charge in [0.25, 0.3) is 0 Å². The molecule has 4 heteroatoms. The van der Waals surface area contributed by atoms with Crippen LogP contribution in [0.1, 0.15) is 58.3 Å². The van der Waals surface area contributed by atoms with Gasteiger partial charge in [0.1, 0.15) is 11.4 Å². The van der Waals surface area contributed by atoms with Gasteiger partial charge >= 0.3 is 0 Å². The lowest BCUT2D eigenvalue weighted by molar-refractivity contribution is 0.304. The fourth-order valence-electron chi connectivity index (χ4n) is 3.31. The van der Waals surface area contributed by atoms with Crippen molar-refractivity contribution in [2.75, 3.05) is 6.61 Å². The molecule has 0 aliphatic heterocycles. The van der Waals surface area contributed by atoms with E-state index in [0.29, 0.717) is 0 Å². The maximum Gasteiger partial charge on any atom is 0.167 e. The molecule has 0 saturated heterocycles. The summed E-state index contributed by atoms with van der Waals surface area (Å²) in [6.07, 6.45) is 10.5. The minimum atomic E-state index is 0.762. The minimum absolute atomic E-state index is 0.762. The zero-order valence-electron chi connectivity index (χ0n) is 17.2. The summed E-state index contributed by atoms with van der Waals surface area (Å²) in [5, 5.41) is 4.19. The second-order valence-electron chi connectivity index (χ2n) is 7.43. The average Bonchev–Trinajstić information content (AvgIpc) is 3.24. The minimum Gasteiger partial charge on any atom is -0.494 e. The van der Waals surface area contributed by atoms with E-state index >= 15 is 0 Å². The van der Waals surface area contributed by atoms with E-state index in [1.807, 2.05) is 54.6 Å². The third-order valence-electron chi connectivity index (χ3n) is 5.06. The maximum atomic E-state index is 5.88. The summed E-state index contributed by atoms with van der Waals surface area (Å²) in [6, 6.07) is 18.1. The lowest BCUT2D eigenvalue weighted by Gasteiger charge is -2.06. The quantitative estimate of drug-likeness (QED) is 0.257. The van der Waals surface area contributed by atoms with Gasteiger partial charge in [0.15, 0.2) is 5.76 Å². The Morgan fingerprint density at radius 2 is 1.41 bits per heavy atom. The lowest BCUT2D eigenvalue weighted by atomic mass is 10.1. The standard InChI is InChI=1S/C25H30BrNO2/c1-2-3-4-5-6-7-8-9-18-28-23-16-12-21(13-17-23)25-19-24(27-29-25)20-10-14-22(26)15-11-20/h10-17,19H,2-9,18H2,1H3. The Bertz CT molecular complexity index is 840. The number of rotatable bonds is 12. The van der Waals surface area contributed by atoms with Gasteiger partial charge in [0.05, 0.1) is 6.61 Å². The number of hydrogen-bond donors (Lipinski definition) is 0. The van der Waals surface area contributed by atoms with Crippen LogP contribution in [-0.4, -0.2) is 11.8 Å². The van der Waals surface area contributed by atoms with Crippen molar-refractivity contribution in [2.45, 2.75) is 58.3 Å². The van der Waals surface area contributed by atoms with Gasteiger partial charge in [0.2, 0.25) is 0 Å². The molecule has 0 fully saturated rings. The Kier molecular flexibility index (Phi) is 8.82. The molecule has 0 atom stereocenters. The van der Waals surface area contributed by atoms with Gasteiger partial charge in [-0.3, -0.25) is 0 Å². The van der Waals surface area contributed by atoms with Crippen molar-refractivity contribution in [1.29, 1.82) is 0 Å². The van der Waals surface area contributed by atoms with E-state index in [2.05, 4.69) is 28.0 Å². The molecule has 3 nitrogen and oxygen atoms in total.